The zero-order chi connectivity index (χ0) is 17.8. The molecule has 2 aliphatic heterocycles. The minimum Gasteiger partial charge on any atom is -0.335 e. The second-order valence-corrected chi connectivity index (χ2v) is 7.53. The molecular weight excluding hydrogens is 322 g/mol. The van der Waals surface area contributed by atoms with Gasteiger partial charge in [0.25, 0.3) is 0 Å². The second-order valence-electron chi connectivity index (χ2n) is 7.53. The molecule has 2 aromatic rings. The first kappa shape index (κ1) is 17.2. The third-order valence-electron chi connectivity index (χ3n) is 5.73. The Morgan fingerprint density at radius 1 is 1.00 bits per heavy atom. The van der Waals surface area contributed by atoms with Crippen LogP contribution in [0.4, 0.5) is 0 Å². The van der Waals surface area contributed by atoms with Gasteiger partial charge in [-0.05, 0) is 55.5 Å². The van der Waals surface area contributed by atoms with Gasteiger partial charge in [0.05, 0.1) is 12.0 Å². The van der Waals surface area contributed by atoms with Crippen LogP contribution in [0.3, 0.4) is 0 Å². The van der Waals surface area contributed by atoms with Crippen LogP contribution in [0.2, 0.25) is 0 Å². The number of carbonyl (C=O) groups is 1. The molecule has 4 rings (SSSR count). The molecule has 26 heavy (non-hydrogen) atoms. The fourth-order valence-electron chi connectivity index (χ4n) is 4.44. The van der Waals surface area contributed by atoms with Gasteiger partial charge in [-0.15, -0.1) is 0 Å². The molecule has 2 saturated heterocycles. The molecule has 136 valence electrons. The van der Waals surface area contributed by atoms with E-state index in [1.54, 1.807) is 0 Å². The quantitative estimate of drug-likeness (QED) is 0.845. The van der Waals surface area contributed by atoms with E-state index in [0.717, 1.165) is 51.9 Å². The van der Waals surface area contributed by atoms with Crippen LogP contribution in [0.1, 0.15) is 42.9 Å². The highest BCUT2D eigenvalue weighted by molar-refractivity contribution is 5.80. The molecule has 0 saturated carbocycles. The third-order valence-corrected chi connectivity index (χ3v) is 5.73. The number of amides is 1. The van der Waals surface area contributed by atoms with E-state index in [9.17, 15) is 4.79 Å². The molecule has 0 spiro atoms. The largest absolute Gasteiger partial charge is 0.335 e. The van der Waals surface area contributed by atoms with Gasteiger partial charge in [-0.1, -0.05) is 30.3 Å². The second kappa shape index (κ2) is 8.00. The van der Waals surface area contributed by atoms with Crippen molar-refractivity contribution in [3.63, 3.8) is 0 Å². The lowest BCUT2D eigenvalue weighted by atomic mass is 9.95. The predicted octanol–water partition coefficient (Wildman–Crippen LogP) is 3.66. The Hall–Kier alpha value is -2.20. The molecular formula is C22H27N3O. The Kier molecular flexibility index (Phi) is 5.30. The molecule has 2 atom stereocenters. The highest BCUT2D eigenvalue weighted by Crippen LogP contribution is 2.34. The SMILES string of the molecule is O=C(C1CCCN(Cc2ccccc2)C1)N1CCCC1c1ccncc1. The van der Waals surface area contributed by atoms with Crippen LogP contribution in [0.15, 0.2) is 54.9 Å². The monoisotopic (exact) mass is 349 g/mol. The van der Waals surface area contributed by atoms with Crippen LogP contribution in [-0.4, -0.2) is 40.3 Å². The Morgan fingerprint density at radius 3 is 2.58 bits per heavy atom. The van der Waals surface area contributed by atoms with Crippen molar-refractivity contribution < 1.29 is 4.79 Å². The van der Waals surface area contributed by atoms with E-state index in [1.165, 1.54) is 11.1 Å². The number of piperidine rings is 1. The summed E-state index contributed by atoms with van der Waals surface area (Å²) in [5.41, 5.74) is 2.55. The Morgan fingerprint density at radius 2 is 1.77 bits per heavy atom. The summed E-state index contributed by atoms with van der Waals surface area (Å²) in [6.45, 7) is 3.80. The summed E-state index contributed by atoms with van der Waals surface area (Å²) in [4.78, 5) is 22.0. The number of carbonyl (C=O) groups excluding carboxylic acids is 1. The summed E-state index contributed by atoms with van der Waals surface area (Å²) in [6, 6.07) is 14.9. The zero-order valence-electron chi connectivity index (χ0n) is 15.3. The number of pyridine rings is 1. The molecule has 1 aromatic carbocycles. The van der Waals surface area contributed by atoms with Gasteiger partial charge in [-0.2, -0.15) is 0 Å². The highest BCUT2D eigenvalue weighted by Gasteiger charge is 2.35. The number of benzene rings is 1. The van der Waals surface area contributed by atoms with E-state index < -0.39 is 0 Å². The first-order chi connectivity index (χ1) is 12.8. The fraction of sp³-hybridized carbons (Fsp3) is 0.455. The van der Waals surface area contributed by atoms with Gasteiger partial charge in [-0.3, -0.25) is 14.7 Å². The van der Waals surface area contributed by atoms with Gasteiger partial charge in [0.1, 0.15) is 0 Å². The minimum atomic E-state index is 0.134. The van der Waals surface area contributed by atoms with E-state index in [4.69, 9.17) is 0 Å². The normalized spacial score (nSPS) is 23.9. The number of aromatic nitrogens is 1. The van der Waals surface area contributed by atoms with E-state index in [0.29, 0.717) is 5.91 Å². The average Bonchev–Trinajstić information content (AvgIpc) is 3.19. The Balaban J connectivity index is 1.42. The first-order valence-corrected chi connectivity index (χ1v) is 9.78. The lowest BCUT2D eigenvalue weighted by Gasteiger charge is -2.35. The minimum absolute atomic E-state index is 0.134. The summed E-state index contributed by atoms with van der Waals surface area (Å²) < 4.78 is 0. The van der Waals surface area contributed by atoms with Crippen molar-refractivity contribution in [2.75, 3.05) is 19.6 Å². The molecule has 2 aliphatic rings. The number of rotatable bonds is 4. The first-order valence-electron chi connectivity index (χ1n) is 9.78. The molecule has 0 radical (unpaired) electrons. The number of hydrogen-bond donors (Lipinski definition) is 0. The topological polar surface area (TPSA) is 36.4 Å². The number of likely N-dealkylation sites (tertiary alicyclic amines) is 2. The standard InChI is InChI=1S/C22H27N3O/c26-22(25-15-5-9-21(25)19-10-12-23-13-11-19)20-8-4-14-24(17-20)16-18-6-2-1-3-7-18/h1-3,6-7,10-13,20-21H,4-5,8-9,14-17H2. The lowest BCUT2D eigenvalue weighted by molar-refractivity contribution is -0.138. The molecule has 0 N–H and O–H groups in total. The smallest absolute Gasteiger partial charge is 0.227 e. The summed E-state index contributed by atoms with van der Waals surface area (Å²) in [6.07, 6.45) is 7.95. The maximum absolute atomic E-state index is 13.3. The summed E-state index contributed by atoms with van der Waals surface area (Å²) in [7, 11) is 0. The van der Waals surface area contributed by atoms with Crippen LogP contribution in [0, 0.1) is 5.92 Å². The maximum Gasteiger partial charge on any atom is 0.227 e. The van der Waals surface area contributed by atoms with Gasteiger partial charge >= 0.3 is 0 Å². The third kappa shape index (κ3) is 3.80. The molecule has 0 bridgehead atoms. The van der Waals surface area contributed by atoms with E-state index in [-0.39, 0.29) is 12.0 Å². The molecule has 1 aromatic heterocycles. The fourth-order valence-corrected chi connectivity index (χ4v) is 4.44. The van der Waals surface area contributed by atoms with Gasteiger partial charge in [0, 0.05) is 32.0 Å². The number of hydrogen-bond acceptors (Lipinski definition) is 3. The van der Waals surface area contributed by atoms with Crippen LogP contribution >= 0.6 is 0 Å². The average molecular weight is 349 g/mol. The van der Waals surface area contributed by atoms with Crippen molar-refractivity contribution in [3.05, 3.63) is 66.0 Å². The summed E-state index contributed by atoms with van der Waals surface area (Å²) >= 11 is 0. The summed E-state index contributed by atoms with van der Waals surface area (Å²) in [5.74, 6) is 0.483. The Labute approximate surface area is 155 Å². The van der Waals surface area contributed by atoms with Crippen LogP contribution in [0.5, 0.6) is 0 Å². The predicted molar refractivity (Wildman–Crippen MR) is 102 cm³/mol. The van der Waals surface area contributed by atoms with Crippen molar-refractivity contribution in [2.45, 2.75) is 38.3 Å². The van der Waals surface area contributed by atoms with Crippen molar-refractivity contribution in [1.82, 2.24) is 14.8 Å². The van der Waals surface area contributed by atoms with E-state index >= 15 is 0 Å². The Bertz CT molecular complexity index is 719. The van der Waals surface area contributed by atoms with Crippen molar-refractivity contribution in [1.29, 1.82) is 0 Å². The molecule has 2 unspecified atom stereocenters. The van der Waals surface area contributed by atoms with Gasteiger partial charge in [0.2, 0.25) is 5.91 Å². The van der Waals surface area contributed by atoms with Crippen molar-refractivity contribution in [2.24, 2.45) is 5.92 Å². The van der Waals surface area contributed by atoms with Crippen LogP contribution in [0.25, 0.3) is 0 Å². The van der Waals surface area contributed by atoms with Crippen molar-refractivity contribution in [3.8, 4) is 0 Å². The lowest BCUT2D eigenvalue weighted by Crippen LogP contribution is -2.44. The van der Waals surface area contributed by atoms with Crippen LogP contribution in [-0.2, 0) is 11.3 Å². The molecule has 2 fully saturated rings. The molecule has 4 heteroatoms. The van der Waals surface area contributed by atoms with Crippen molar-refractivity contribution >= 4 is 5.91 Å². The van der Waals surface area contributed by atoms with Crippen LogP contribution < -0.4 is 0 Å². The van der Waals surface area contributed by atoms with Gasteiger partial charge in [-0.25, -0.2) is 0 Å². The molecule has 0 aliphatic carbocycles. The van der Waals surface area contributed by atoms with Gasteiger partial charge in [0.15, 0.2) is 0 Å². The van der Waals surface area contributed by atoms with E-state index in [1.807, 2.05) is 12.4 Å². The maximum atomic E-state index is 13.3. The van der Waals surface area contributed by atoms with E-state index in [2.05, 4.69) is 57.2 Å². The summed E-state index contributed by atoms with van der Waals surface area (Å²) in [5, 5.41) is 0. The highest BCUT2D eigenvalue weighted by atomic mass is 16.2. The van der Waals surface area contributed by atoms with Gasteiger partial charge < -0.3 is 4.90 Å². The number of nitrogens with zero attached hydrogens (tertiary/aromatic N) is 3. The molecule has 4 nitrogen and oxygen atoms in total. The molecule has 1 amide bonds. The molecule has 3 heterocycles. The zero-order valence-corrected chi connectivity index (χ0v) is 15.3.